The number of halogens is 1. The Labute approximate surface area is 160 Å². The molecule has 0 spiro atoms. The number of guanidine groups is 1. The van der Waals surface area contributed by atoms with Crippen molar-refractivity contribution in [3.8, 4) is 5.82 Å². The van der Waals surface area contributed by atoms with Gasteiger partial charge in [0.05, 0.1) is 6.54 Å². The molecule has 6 nitrogen and oxygen atoms in total. The van der Waals surface area contributed by atoms with Crippen LogP contribution in [-0.2, 0) is 6.54 Å². The van der Waals surface area contributed by atoms with Gasteiger partial charge in [-0.1, -0.05) is 18.9 Å². The zero-order valence-corrected chi connectivity index (χ0v) is 16.4. The fourth-order valence-electron chi connectivity index (χ4n) is 2.84. The van der Waals surface area contributed by atoms with Crippen LogP contribution in [0.3, 0.4) is 0 Å². The first-order chi connectivity index (χ1) is 11.2. The largest absolute Gasteiger partial charge is 0.370 e. The van der Waals surface area contributed by atoms with E-state index in [1.165, 1.54) is 25.7 Å². The van der Waals surface area contributed by atoms with Gasteiger partial charge in [-0.2, -0.15) is 0 Å². The number of aliphatic imine (C=N–C) groups is 1. The summed E-state index contributed by atoms with van der Waals surface area (Å²) in [5.74, 6) is 2.45. The van der Waals surface area contributed by atoms with Gasteiger partial charge in [-0.05, 0) is 31.4 Å². The Hall–Kier alpha value is -1.64. The van der Waals surface area contributed by atoms with Crippen LogP contribution in [0.5, 0.6) is 0 Å². The number of pyridine rings is 1. The number of hydrogen-bond acceptors (Lipinski definition) is 3. The van der Waals surface area contributed by atoms with E-state index in [4.69, 9.17) is 5.73 Å². The second-order valence-electron chi connectivity index (χ2n) is 5.94. The van der Waals surface area contributed by atoms with Gasteiger partial charge in [0.25, 0.3) is 0 Å². The molecule has 0 radical (unpaired) electrons. The molecule has 0 saturated carbocycles. The minimum absolute atomic E-state index is 0. The van der Waals surface area contributed by atoms with Gasteiger partial charge in [-0.15, -0.1) is 24.0 Å². The molecule has 2 aromatic rings. The molecule has 130 valence electrons. The second-order valence-corrected chi connectivity index (χ2v) is 5.94. The fourth-order valence-corrected chi connectivity index (χ4v) is 2.84. The van der Waals surface area contributed by atoms with Crippen molar-refractivity contribution in [3.05, 3.63) is 42.1 Å². The third kappa shape index (κ3) is 4.68. The first-order valence-corrected chi connectivity index (χ1v) is 8.24. The van der Waals surface area contributed by atoms with E-state index in [0.29, 0.717) is 12.5 Å². The lowest BCUT2D eigenvalue weighted by Gasteiger charge is -2.21. The Bertz CT molecular complexity index is 656. The second kappa shape index (κ2) is 9.00. The molecular formula is C17H25IN6. The van der Waals surface area contributed by atoms with Crippen molar-refractivity contribution in [1.82, 2.24) is 19.4 Å². The molecule has 0 amide bonds. The molecule has 1 fully saturated rings. The molecule has 1 aliphatic rings. The molecule has 24 heavy (non-hydrogen) atoms. The quantitative estimate of drug-likeness (QED) is 0.453. The van der Waals surface area contributed by atoms with Crippen molar-refractivity contribution in [1.29, 1.82) is 0 Å². The molecule has 0 bridgehead atoms. The standard InChI is InChI=1S/C17H24N6.HI/c1-14-19-8-11-23(14)16-7-6-15(12-20-16)13-21-17(18)22-9-4-2-3-5-10-22;/h6-8,11-12H,2-5,9-10,13H2,1H3,(H2,18,21);1H. The lowest BCUT2D eigenvalue weighted by molar-refractivity contribution is 0.428. The number of likely N-dealkylation sites (tertiary alicyclic amines) is 1. The van der Waals surface area contributed by atoms with Gasteiger partial charge in [0.2, 0.25) is 0 Å². The summed E-state index contributed by atoms with van der Waals surface area (Å²) in [5.41, 5.74) is 7.20. The van der Waals surface area contributed by atoms with Gasteiger partial charge in [0.1, 0.15) is 11.6 Å². The van der Waals surface area contributed by atoms with Gasteiger partial charge < -0.3 is 10.6 Å². The smallest absolute Gasteiger partial charge is 0.191 e. The maximum atomic E-state index is 6.14. The monoisotopic (exact) mass is 440 g/mol. The average Bonchev–Trinajstić information content (AvgIpc) is 2.84. The van der Waals surface area contributed by atoms with Crippen LogP contribution < -0.4 is 5.73 Å². The molecule has 1 aliphatic heterocycles. The molecule has 3 heterocycles. The summed E-state index contributed by atoms with van der Waals surface area (Å²) in [6.45, 7) is 4.57. The zero-order chi connectivity index (χ0) is 16.1. The van der Waals surface area contributed by atoms with Gasteiger partial charge in [-0.3, -0.25) is 4.57 Å². The van der Waals surface area contributed by atoms with Crippen LogP contribution in [-0.4, -0.2) is 38.5 Å². The predicted octanol–water partition coefficient (Wildman–Crippen LogP) is 2.88. The van der Waals surface area contributed by atoms with Crippen LogP contribution in [0.4, 0.5) is 0 Å². The summed E-state index contributed by atoms with van der Waals surface area (Å²) in [6, 6.07) is 4.03. The van der Waals surface area contributed by atoms with E-state index in [2.05, 4.69) is 19.9 Å². The highest BCUT2D eigenvalue weighted by Crippen LogP contribution is 2.11. The van der Waals surface area contributed by atoms with Gasteiger partial charge in [-0.25, -0.2) is 15.0 Å². The lowest BCUT2D eigenvalue weighted by atomic mass is 10.2. The molecule has 3 rings (SSSR count). The summed E-state index contributed by atoms with van der Waals surface area (Å²) in [5, 5.41) is 0. The van der Waals surface area contributed by atoms with Crippen LogP contribution in [0.1, 0.15) is 37.1 Å². The highest BCUT2D eigenvalue weighted by atomic mass is 127. The number of rotatable bonds is 3. The van der Waals surface area contributed by atoms with Crippen molar-refractivity contribution in [3.63, 3.8) is 0 Å². The van der Waals surface area contributed by atoms with Crippen LogP contribution >= 0.6 is 24.0 Å². The fraction of sp³-hybridized carbons (Fsp3) is 0.471. The van der Waals surface area contributed by atoms with Crippen molar-refractivity contribution in [2.75, 3.05) is 13.1 Å². The minimum Gasteiger partial charge on any atom is -0.370 e. The first-order valence-electron chi connectivity index (χ1n) is 8.24. The summed E-state index contributed by atoms with van der Waals surface area (Å²) < 4.78 is 1.96. The van der Waals surface area contributed by atoms with Crippen LogP contribution in [0.2, 0.25) is 0 Å². The van der Waals surface area contributed by atoms with E-state index in [1.807, 2.05) is 36.0 Å². The Balaban J connectivity index is 0.00000208. The normalized spacial score (nSPS) is 15.7. The van der Waals surface area contributed by atoms with E-state index >= 15 is 0 Å². The van der Waals surface area contributed by atoms with Crippen molar-refractivity contribution in [2.24, 2.45) is 10.7 Å². The zero-order valence-electron chi connectivity index (χ0n) is 14.1. The maximum absolute atomic E-state index is 6.14. The van der Waals surface area contributed by atoms with Crippen molar-refractivity contribution < 1.29 is 0 Å². The van der Waals surface area contributed by atoms with Crippen molar-refractivity contribution >= 4 is 29.9 Å². The van der Waals surface area contributed by atoms with E-state index in [1.54, 1.807) is 6.20 Å². The Morgan fingerprint density at radius 3 is 2.50 bits per heavy atom. The summed E-state index contributed by atoms with van der Waals surface area (Å²) in [7, 11) is 0. The molecule has 2 aromatic heterocycles. The molecule has 0 aliphatic carbocycles. The Kier molecular flexibility index (Phi) is 7.01. The predicted molar refractivity (Wildman–Crippen MR) is 107 cm³/mol. The van der Waals surface area contributed by atoms with E-state index in [0.717, 1.165) is 30.3 Å². The number of hydrogen-bond donors (Lipinski definition) is 1. The van der Waals surface area contributed by atoms with E-state index in [9.17, 15) is 0 Å². The SMILES string of the molecule is Cc1nccn1-c1ccc(CN=C(N)N2CCCCCC2)cn1.I. The number of nitrogens with zero attached hydrogens (tertiary/aromatic N) is 5. The molecule has 1 saturated heterocycles. The molecule has 0 aromatic carbocycles. The molecule has 0 unspecified atom stereocenters. The van der Waals surface area contributed by atoms with E-state index < -0.39 is 0 Å². The molecule has 2 N–H and O–H groups in total. The number of imidazole rings is 1. The highest BCUT2D eigenvalue weighted by molar-refractivity contribution is 14.0. The summed E-state index contributed by atoms with van der Waals surface area (Å²) in [6.07, 6.45) is 10.5. The van der Waals surface area contributed by atoms with Gasteiger partial charge >= 0.3 is 0 Å². The van der Waals surface area contributed by atoms with E-state index in [-0.39, 0.29) is 24.0 Å². The Morgan fingerprint density at radius 1 is 1.17 bits per heavy atom. The molecular weight excluding hydrogens is 415 g/mol. The topological polar surface area (TPSA) is 72.3 Å². The molecule has 0 atom stereocenters. The third-order valence-electron chi connectivity index (χ3n) is 4.24. The van der Waals surface area contributed by atoms with Crippen molar-refractivity contribution in [2.45, 2.75) is 39.2 Å². The highest BCUT2D eigenvalue weighted by Gasteiger charge is 2.10. The number of aryl methyl sites for hydroxylation is 1. The summed E-state index contributed by atoms with van der Waals surface area (Å²) in [4.78, 5) is 15.4. The van der Waals surface area contributed by atoms with Gasteiger partial charge in [0.15, 0.2) is 5.96 Å². The first kappa shape index (κ1) is 18.7. The van der Waals surface area contributed by atoms with Crippen LogP contribution in [0, 0.1) is 6.92 Å². The molecule has 7 heteroatoms. The van der Waals surface area contributed by atoms with Crippen LogP contribution in [0.25, 0.3) is 5.82 Å². The number of aromatic nitrogens is 3. The number of nitrogens with two attached hydrogens (primary N) is 1. The Morgan fingerprint density at radius 2 is 1.92 bits per heavy atom. The van der Waals surface area contributed by atoms with Crippen LogP contribution in [0.15, 0.2) is 35.7 Å². The summed E-state index contributed by atoms with van der Waals surface area (Å²) >= 11 is 0. The lowest BCUT2D eigenvalue weighted by Crippen LogP contribution is -2.38. The van der Waals surface area contributed by atoms with Gasteiger partial charge in [0, 0.05) is 31.7 Å². The average molecular weight is 440 g/mol. The maximum Gasteiger partial charge on any atom is 0.191 e. The third-order valence-corrected chi connectivity index (χ3v) is 4.24. The minimum atomic E-state index is 0.